The van der Waals surface area contributed by atoms with Crippen molar-refractivity contribution in [3.63, 3.8) is 0 Å². The number of hydrogen-bond acceptors (Lipinski definition) is 7. The maximum absolute atomic E-state index is 12.7. The number of sulfone groups is 1. The zero-order valence-corrected chi connectivity index (χ0v) is 20.6. The lowest BCUT2D eigenvalue weighted by atomic mass is 10.0. The van der Waals surface area contributed by atoms with Crippen molar-refractivity contribution in [2.45, 2.75) is 56.7 Å². The van der Waals surface area contributed by atoms with E-state index in [1.807, 2.05) is 0 Å². The first-order chi connectivity index (χ1) is 15.2. The molecule has 174 valence electrons. The average molecular weight is 479 g/mol. The number of carbonyl (C=O) groups is 2. The third-order valence-electron chi connectivity index (χ3n) is 5.56. The van der Waals surface area contributed by atoms with Gasteiger partial charge in [-0.2, -0.15) is 0 Å². The number of carbonyl (C=O) groups excluding carboxylic acids is 2. The molecule has 0 saturated heterocycles. The minimum atomic E-state index is -3.35. The van der Waals surface area contributed by atoms with Crippen LogP contribution in [0.4, 0.5) is 5.00 Å². The molecule has 32 heavy (non-hydrogen) atoms. The highest BCUT2D eigenvalue weighted by molar-refractivity contribution is 7.92. The second-order valence-electron chi connectivity index (χ2n) is 8.19. The zero-order chi connectivity index (χ0) is 23.5. The smallest absolute Gasteiger partial charge is 0.341 e. The molecule has 0 spiro atoms. The molecule has 9 heteroatoms. The molecule has 1 aromatic carbocycles. The third kappa shape index (κ3) is 5.22. The fourth-order valence-corrected chi connectivity index (χ4v) is 6.15. The molecule has 2 heterocycles. The number of amides is 1. The molecule has 7 nitrogen and oxygen atoms in total. The Kier molecular flexibility index (Phi) is 7.74. The molecule has 1 aromatic heterocycles. The summed E-state index contributed by atoms with van der Waals surface area (Å²) in [7, 11) is -2.01. The van der Waals surface area contributed by atoms with Crippen LogP contribution >= 0.6 is 11.3 Å². The van der Waals surface area contributed by atoms with Gasteiger partial charge in [-0.05, 0) is 56.5 Å². The minimum absolute atomic E-state index is 0.0765. The van der Waals surface area contributed by atoms with Gasteiger partial charge >= 0.3 is 5.97 Å². The van der Waals surface area contributed by atoms with Gasteiger partial charge in [0.15, 0.2) is 9.84 Å². The lowest BCUT2D eigenvalue weighted by molar-refractivity contribution is -0.115. The van der Waals surface area contributed by atoms with Gasteiger partial charge in [-0.15, -0.1) is 11.3 Å². The van der Waals surface area contributed by atoms with Crippen LogP contribution in [0.25, 0.3) is 0 Å². The van der Waals surface area contributed by atoms with Gasteiger partial charge in [0, 0.05) is 18.0 Å². The van der Waals surface area contributed by atoms with E-state index >= 15 is 0 Å². The van der Waals surface area contributed by atoms with Gasteiger partial charge in [0.1, 0.15) is 5.00 Å². The molecule has 0 bridgehead atoms. The summed E-state index contributed by atoms with van der Waals surface area (Å²) < 4.78 is 29.5. The number of rotatable bonds is 8. The molecule has 1 amide bonds. The van der Waals surface area contributed by atoms with Crippen molar-refractivity contribution in [2.24, 2.45) is 0 Å². The Morgan fingerprint density at radius 3 is 2.50 bits per heavy atom. The molecule has 0 radical (unpaired) electrons. The van der Waals surface area contributed by atoms with Crippen molar-refractivity contribution < 1.29 is 22.7 Å². The predicted molar refractivity (Wildman–Crippen MR) is 126 cm³/mol. The van der Waals surface area contributed by atoms with Gasteiger partial charge in [-0.3, -0.25) is 9.69 Å². The van der Waals surface area contributed by atoms with Gasteiger partial charge in [-0.1, -0.05) is 19.1 Å². The fourth-order valence-electron chi connectivity index (χ4n) is 3.79. The summed E-state index contributed by atoms with van der Waals surface area (Å²) in [5.41, 5.74) is 2.11. The highest BCUT2D eigenvalue weighted by Gasteiger charge is 2.29. The van der Waals surface area contributed by atoms with Crippen molar-refractivity contribution >= 4 is 38.1 Å². The number of fused-ring (bicyclic) bond motifs is 1. The van der Waals surface area contributed by atoms with E-state index in [-0.39, 0.29) is 17.2 Å². The number of thiophene rings is 1. The van der Waals surface area contributed by atoms with Gasteiger partial charge in [-0.25, -0.2) is 13.2 Å². The van der Waals surface area contributed by atoms with Crippen LogP contribution in [0.15, 0.2) is 29.2 Å². The maximum atomic E-state index is 12.7. The summed E-state index contributed by atoms with van der Waals surface area (Å²) >= 11 is 1.43. The Morgan fingerprint density at radius 2 is 1.91 bits per heavy atom. The van der Waals surface area contributed by atoms with E-state index in [1.165, 1.54) is 30.6 Å². The molecule has 0 aliphatic carbocycles. The molecular weight excluding hydrogens is 448 g/mol. The molecule has 2 aromatic rings. The monoisotopic (exact) mass is 478 g/mol. The van der Waals surface area contributed by atoms with Gasteiger partial charge in [0.2, 0.25) is 5.91 Å². The largest absolute Gasteiger partial charge is 0.465 e. The van der Waals surface area contributed by atoms with Gasteiger partial charge in [0.25, 0.3) is 0 Å². The maximum Gasteiger partial charge on any atom is 0.341 e. The normalized spacial score (nSPS) is 14.3. The first-order valence-electron chi connectivity index (χ1n) is 10.7. The van der Waals surface area contributed by atoms with Crippen molar-refractivity contribution in [3.05, 3.63) is 45.8 Å². The van der Waals surface area contributed by atoms with Crippen molar-refractivity contribution in [3.8, 4) is 0 Å². The fraction of sp³-hybridized carbons (Fsp3) is 0.478. The number of hydrogen-bond donors (Lipinski definition) is 1. The highest BCUT2D eigenvalue weighted by atomic mass is 32.2. The molecule has 1 aliphatic rings. The van der Waals surface area contributed by atoms with Crippen LogP contribution in [0, 0.1) is 0 Å². The Morgan fingerprint density at radius 1 is 1.22 bits per heavy atom. The Bertz CT molecular complexity index is 1090. The van der Waals surface area contributed by atoms with Gasteiger partial charge in [0.05, 0.1) is 29.2 Å². The molecule has 0 unspecified atom stereocenters. The summed E-state index contributed by atoms with van der Waals surface area (Å²) in [6, 6.07) is 6.37. The summed E-state index contributed by atoms with van der Waals surface area (Å²) in [6.45, 7) is 8.05. The second kappa shape index (κ2) is 10.1. The Balaban J connectivity index is 1.77. The number of benzene rings is 1. The quantitative estimate of drug-likeness (QED) is 0.582. The molecular formula is C23H30N2O5S2. The topological polar surface area (TPSA) is 92.8 Å². The molecule has 3 rings (SSSR count). The third-order valence-corrected chi connectivity index (χ3v) is 8.86. The summed E-state index contributed by atoms with van der Waals surface area (Å²) in [4.78, 5) is 28.9. The van der Waals surface area contributed by atoms with Crippen LogP contribution in [0.2, 0.25) is 0 Å². The second-order valence-corrected chi connectivity index (χ2v) is 11.8. The number of methoxy groups -OCH3 is 1. The number of ether oxygens (including phenoxy) is 1. The van der Waals surface area contributed by atoms with Crippen LogP contribution in [-0.2, 0) is 38.8 Å². The summed E-state index contributed by atoms with van der Waals surface area (Å²) in [6.07, 6.45) is 1.89. The van der Waals surface area contributed by atoms with E-state index in [0.717, 1.165) is 42.9 Å². The molecule has 1 N–H and O–H groups in total. The Hall–Kier alpha value is -2.23. The molecule has 0 fully saturated rings. The first kappa shape index (κ1) is 24.4. The molecule has 0 saturated carbocycles. The average Bonchev–Trinajstić information content (AvgIpc) is 3.10. The van der Waals surface area contributed by atoms with Crippen molar-refractivity contribution in [1.29, 1.82) is 0 Å². The van der Waals surface area contributed by atoms with Gasteiger partial charge < -0.3 is 10.1 Å². The van der Waals surface area contributed by atoms with Crippen molar-refractivity contribution in [1.82, 2.24) is 4.90 Å². The summed E-state index contributed by atoms with van der Waals surface area (Å²) in [5.74, 6) is -0.705. The number of nitrogens with one attached hydrogen (secondary N) is 1. The van der Waals surface area contributed by atoms with Crippen LogP contribution in [0.5, 0.6) is 0 Å². The van der Waals surface area contributed by atoms with Crippen LogP contribution < -0.4 is 5.32 Å². The van der Waals surface area contributed by atoms with Crippen molar-refractivity contribution in [2.75, 3.05) is 25.5 Å². The standard InChI is InChI=1S/C23H30N2O5S2/c1-5-11-25-12-10-18-19(14-25)31-22(21(18)23(27)30-4)24-20(26)13-16-6-8-17(9-7-16)32(28,29)15(2)3/h6-9,15H,5,10-14H2,1-4H3,(H,24,26). The molecule has 1 aliphatic heterocycles. The number of nitrogens with zero attached hydrogens (tertiary/aromatic N) is 1. The zero-order valence-electron chi connectivity index (χ0n) is 18.9. The Labute approximate surface area is 193 Å². The van der Waals surface area contributed by atoms with E-state index in [0.29, 0.717) is 16.1 Å². The van der Waals surface area contributed by atoms with Crippen LogP contribution in [0.1, 0.15) is 53.6 Å². The lowest BCUT2D eigenvalue weighted by Crippen LogP contribution is -2.30. The van der Waals surface area contributed by atoms with E-state index in [4.69, 9.17) is 4.74 Å². The molecule has 0 atom stereocenters. The summed E-state index contributed by atoms with van der Waals surface area (Å²) in [5, 5.41) is 2.89. The van der Waals surface area contributed by atoms with Crippen LogP contribution in [-0.4, -0.2) is 50.6 Å². The lowest BCUT2D eigenvalue weighted by Gasteiger charge is -2.26. The van der Waals surface area contributed by atoms with E-state index in [2.05, 4.69) is 17.1 Å². The highest BCUT2D eigenvalue weighted by Crippen LogP contribution is 2.37. The first-order valence-corrected chi connectivity index (χ1v) is 13.1. The SMILES string of the molecule is CCCN1CCc2c(sc(NC(=O)Cc3ccc(S(=O)(=O)C(C)C)cc3)c2C(=O)OC)C1. The van der Waals surface area contributed by atoms with E-state index < -0.39 is 21.1 Å². The van der Waals surface area contributed by atoms with E-state index in [9.17, 15) is 18.0 Å². The predicted octanol–water partition coefficient (Wildman–Crippen LogP) is 3.67. The van der Waals surface area contributed by atoms with Crippen LogP contribution in [0.3, 0.4) is 0 Å². The number of esters is 1. The van der Waals surface area contributed by atoms with E-state index in [1.54, 1.807) is 26.0 Å². The number of anilines is 1. The minimum Gasteiger partial charge on any atom is -0.465 e.